The summed E-state index contributed by atoms with van der Waals surface area (Å²) >= 11 is 9.51. The van der Waals surface area contributed by atoms with Crippen molar-refractivity contribution < 1.29 is 0 Å². The molecule has 0 saturated carbocycles. The number of imidazole rings is 1. The third-order valence-corrected chi connectivity index (χ3v) is 3.34. The molecule has 0 aliphatic carbocycles. The molecule has 1 aromatic carbocycles. The predicted octanol–water partition coefficient (Wildman–Crippen LogP) is 3.72. The third kappa shape index (κ3) is 3.23. The van der Waals surface area contributed by atoms with Gasteiger partial charge in [0.1, 0.15) is 5.82 Å². The molecule has 3 nitrogen and oxygen atoms in total. The Kier molecular flexibility index (Phi) is 4.07. The van der Waals surface area contributed by atoms with Crippen molar-refractivity contribution in [3.8, 4) is 0 Å². The van der Waals surface area contributed by atoms with Crippen LogP contribution in [0.5, 0.6) is 0 Å². The molecule has 2 rings (SSSR count). The number of rotatable bonds is 4. The topological polar surface area (TPSA) is 29.9 Å². The van der Waals surface area contributed by atoms with Crippen molar-refractivity contribution in [1.29, 1.82) is 0 Å². The largest absolute Gasteiger partial charge is 0.382 e. The van der Waals surface area contributed by atoms with E-state index >= 15 is 0 Å². The third-order valence-electron chi connectivity index (χ3n) is 2.52. The van der Waals surface area contributed by atoms with Crippen LogP contribution in [0, 0.1) is 6.92 Å². The normalized spacial score (nSPS) is 10.5. The highest BCUT2D eigenvalue weighted by Crippen LogP contribution is 2.25. The van der Waals surface area contributed by atoms with Crippen LogP contribution in [0.3, 0.4) is 0 Å². The van der Waals surface area contributed by atoms with Crippen LogP contribution in [0.1, 0.15) is 5.82 Å². The van der Waals surface area contributed by atoms with Crippen LogP contribution >= 0.6 is 27.5 Å². The Morgan fingerprint density at radius 2 is 2.29 bits per heavy atom. The summed E-state index contributed by atoms with van der Waals surface area (Å²) in [6.07, 6.45) is 3.78. The fourth-order valence-corrected chi connectivity index (χ4v) is 2.13. The Labute approximate surface area is 114 Å². The predicted molar refractivity (Wildman–Crippen MR) is 74.6 cm³/mol. The number of aromatic nitrogens is 2. The van der Waals surface area contributed by atoms with Gasteiger partial charge in [0.25, 0.3) is 0 Å². The molecule has 2 aromatic rings. The number of nitrogens with one attached hydrogen (secondary N) is 1. The van der Waals surface area contributed by atoms with E-state index in [1.807, 2.05) is 31.3 Å². The molecular weight excluding hydrogens is 302 g/mol. The fraction of sp³-hybridized carbons (Fsp3) is 0.250. The zero-order valence-electron chi connectivity index (χ0n) is 9.45. The Morgan fingerprint density at radius 3 is 3.00 bits per heavy atom. The van der Waals surface area contributed by atoms with Gasteiger partial charge in [-0.3, -0.25) is 0 Å². The van der Waals surface area contributed by atoms with Gasteiger partial charge in [0, 0.05) is 30.0 Å². The number of hydrogen-bond acceptors (Lipinski definition) is 2. The highest BCUT2D eigenvalue weighted by atomic mass is 79.9. The van der Waals surface area contributed by atoms with Crippen molar-refractivity contribution in [2.24, 2.45) is 0 Å². The van der Waals surface area contributed by atoms with Gasteiger partial charge in [0.2, 0.25) is 0 Å². The standard InChI is InChI=1S/C12H13BrClN3/c1-9-15-4-6-17(9)7-5-16-12-8-10(13)2-3-11(12)14/h2-4,6,8,16H,5,7H2,1H3. The fourth-order valence-electron chi connectivity index (χ4n) is 1.58. The minimum absolute atomic E-state index is 0.732. The first-order chi connectivity index (χ1) is 8.16. The van der Waals surface area contributed by atoms with Gasteiger partial charge in [-0.25, -0.2) is 4.98 Å². The lowest BCUT2D eigenvalue weighted by Crippen LogP contribution is -2.11. The molecule has 0 saturated heterocycles. The molecule has 0 aliphatic rings. The molecule has 5 heteroatoms. The minimum Gasteiger partial charge on any atom is -0.382 e. The van der Waals surface area contributed by atoms with Crippen LogP contribution in [0.25, 0.3) is 0 Å². The van der Waals surface area contributed by atoms with Crippen LogP contribution < -0.4 is 5.32 Å². The van der Waals surface area contributed by atoms with Crippen molar-refractivity contribution in [2.75, 3.05) is 11.9 Å². The molecular formula is C12H13BrClN3. The van der Waals surface area contributed by atoms with Crippen molar-refractivity contribution in [3.05, 3.63) is 45.9 Å². The second-order valence-electron chi connectivity index (χ2n) is 3.72. The molecule has 0 spiro atoms. The summed E-state index contributed by atoms with van der Waals surface area (Å²) in [7, 11) is 0. The summed E-state index contributed by atoms with van der Waals surface area (Å²) in [5.41, 5.74) is 0.943. The van der Waals surface area contributed by atoms with E-state index in [9.17, 15) is 0 Å². The van der Waals surface area contributed by atoms with Gasteiger partial charge in [-0.2, -0.15) is 0 Å². The first kappa shape index (κ1) is 12.5. The van der Waals surface area contributed by atoms with Crippen molar-refractivity contribution in [1.82, 2.24) is 9.55 Å². The number of benzene rings is 1. The monoisotopic (exact) mass is 313 g/mol. The molecule has 0 unspecified atom stereocenters. The summed E-state index contributed by atoms with van der Waals surface area (Å²) in [5, 5.41) is 4.04. The molecule has 0 atom stereocenters. The van der Waals surface area contributed by atoms with E-state index in [0.717, 1.165) is 34.1 Å². The smallest absolute Gasteiger partial charge is 0.105 e. The van der Waals surface area contributed by atoms with Gasteiger partial charge in [-0.15, -0.1) is 0 Å². The Bertz CT molecular complexity index is 510. The van der Waals surface area contributed by atoms with E-state index in [-0.39, 0.29) is 0 Å². The second kappa shape index (κ2) is 5.56. The van der Waals surface area contributed by atoms with Gasteiger partial charge in [-0.1, -0.05) is 27.5 Å². The first-order valence-corrected chi connectivity index (χ1v) is 6.50. The highest BCUT2D eigenvalue weighted by molar-refractivity contribution is 9.10. The van der Waals surface area contributed by atoms with Crippen molar-refractivity contribution >= 4 is 33.2 Å². The molecule has 0 fully saturated rings. The highest BCUT2D eigenvalue weighted by Gasteiger charge is 2.01. The molecule has 0 aliphatic heterocycles. The number of hydrogen-bond donors (Lipinski definition) is 1. The quantitative estimate of drug-likeness (QED) is 0.932. The lowest BCUT2D eigenvalue weighted by Gasteiger charge is -2.10. The van der Waals surface area contributed by atoms with Crippen LogP contribution in [-0.4, -0.2) is 16.1 Å². The molecule has 1 heterocycles. The summed E-state index contributed by atoms with van der Waals surface area (Å²) in [6, 6.07) is 5.77. The first-order valence-electron chi connectivity index (χ1n) is 5.33. The van der Waals surface area contributed by atoms with E-state index in [4.69, 9.17) is 11.6 Å². The Morgan fingerprint density at radius 1 is 1.47 bits per heavy atom. The molecule has 0 radical (unpaired) electrons. The van der Waals surface area contributed by atoms with Gasteiger partial charge < -0.3 is 9.88 Å². The maximum atomic E-state index is 6.09. The minimum atomic E-state index is 0.732. The zero-order valence-corrected chi connectivity index (χ0v) is 11.8. The summed E-state index contributed by atoms with van der Waals surface area (Å²) in [6.45, 7) is 3.67. The number of nitrogens with zero attached hydrogens (tertiary/aromatic N) is 2. The molecule has 0 amide bonds. The van der Waals surface area contributed by atoms with Crippen LogP contribution in [-0.2, 0) is 6.54 Å². The van der Waals surface area contributed by atoms with Gasteiger partial charge in [-0.05, 0) is 25.1 Å². The summed E-state index contributed by atoms with van der Waals surface area (Å²) in [4.78, 5) is 4.18. The average molecular weight is 315 g/mol. The van der Waals surface area contributed by atoms with E-state index < -0.39 is 0 Å². The second-order valence-corrected chi connectivity index (χ2v) is 5.04. The summed E-state index contributed by atoms with van der Waals surface area (Å²) in [5.74, 6) is 1.02. The van der Waals surface area contributed by atoms with Gasteiger partial charge in [0.05, 0.1) is 10.7 Å². The van der Waals surface area contributed by atoms with E-state index in [0.29, 0.717) is 0 Å². The maximum Gasteiger partial charge on any atom is 0.105 e. The van der Waals surface area contributed by atoms with Crippen molar-refractivity contribution in [3.63, 3.8) is 0 Å². The van der Waals surface area contributed by atoms with Crippen molar-refractivity contribution in [2.45, 2.75) is 13.5 Å². The van der Waals surface area contributed by atoms with Crippen LogP contribution in [0.2, 0.25) is 5.02 Å². The lowest BCUT2D eigenvalue weighted by atomic mass is 10.3. The van der Waals surface area contributed by atoms with Crippen LogP contribution in [0.4, 0.5) is 5.69 Å². The SMILES string of the molecule is Cc1nccn1CCNc1cc(Br)ccc1Cl. The van der Waals surface area contributed by atoms with Gasteiger partial charge in [0.15, 0.2) is 0 Å². The number of aryl methyl sites for hydroxylation is 1. The maximum absolute atomic E-state index is 6.09. The van der Waals surface area contributed by atoms with Crippen LogP contribution in [0.15, 0.2) is 35.1 Å². The molecule has 90 valence electrons. The number of halogens is 2. The Balaban J connectivity index is 1.94. The molecule has 1 aromatic heterocycles. The molecule has 17 heavy (non-hydrogen) atoms. The zero-order chi connectivity index (χ0) is 12.3. The Hall–Kier alpha value is -1.000. The van der Waals surface area contributed by atoms with E-state index in [1.54, 1.807) is 6.20 Å². The summed E-state index contributed by atoms with van der Waals surface area (Å²) < 4.78 is 3.11. The molecule has 0 bridgehead atoms. The van der Waals surface area contributed by atoms with E-state index in [1.165, 1.54) is 0 Å². The average Bonchev–Trinajstić information content (AvgIpc) is 2.70. The van der Waals surface area contributed by atoms with E-state index in [2.05, 4.69) is 30.8 Å². The lowest BCUT2D eigenvalue weighted by molar-refractivity contribution is 0.701. The number of anilines is 1. The van der Waals surface area contributed by atoms with Gasteiger partial charge >= 0.3 is 0 Å². The molecule has 1 N–H and O–H groups in total.